The number of aromatic nitrogens is 2. The molecule has 2 amide bonds. The SMILES string of the molecule is C[C@H](Oc1ccc(Cl)cc1)C(=O)NNC(=O)Cc1nc2ccccc2[nH]1. The summed E-state index contributed by atoms with van der Waals surface area (Å²) in [6.45, 7) is 1.58. The van der Waals surface area contributed by atoms with Gasteiger partial charge in [0.25, 0.3) is 5.91 Å². The van der Waals surface area contributed by atoms with E-state index in [4.69, 9.17) is 16.3 Å². The molecule has 0 spiro atoms. The molecule has 0 bridgehead atoms. The summed E-state index contributed by atoms with van der Waals surface area (Å²) in [5.74, 6) is 0.156. The number of para-hydroxylation sites is 2. The summed E-state index contributed by atoms with van der Waals surface area (Å²) in [6, 6.07) is 14.1. The van der Waals surface area contributed by atoms with Gasteiger partial charge < -0.3 is 9.72 Å². The molecule has 3 N–H and O–H groups in total. The van der Waals surface area contributed by atoms with Crippen molar-refractivity contribution in [2.45, 2.75) is 19.4 Å². The second-order valence-corrected chi connectivity index (χ2v) is 6.07. The van der Waals surface area contributed by atoms with Crippen LogP contribution in [0.5, 0.6) is 5.75 Å². The summed E-state index contributed by atoms with van der Waals surface area (Å²) < 4.78 is 5.48. The van der Waals surface area contributed by atoms with Crippen LogP contribution in [0, 0.1) is 0 Å². The number of hydrogen-bond acceptors (Lipinski definition) is 4. The Balaban J connectivity index is 1.48. The number of ether oxygens (including phenoxy) is 1. The number of halogens is 1. The van der Waals surface area contributed by atoms with Crippen molar-refractivity contribution in [3.8, 4) is 5.75 Å². The maximum absolute atomic E-state index is 12.0. The van der Waals surface area contributed by atoms with Crippen LogP contribution in [0.3, 0.4) is 0 Å². The van der Waals surface area contributed by atoms with E-state index in [2.05, 4.69) is 20.8 Å². The molecule has 7 nitrogen and oxygen atoms in total. The molecule has 1 atom stereocenters. The van der Waals surface area contributed by atoms with Crippen LogP contribution < -0.4 is 15.6 Å². The highest BCUT2D eigenvalue weighted by molar-refractivity contribution is 6.30. The van der Waals surface area contributed by atoms with E-state index in [0.29, 0.717) is 16.6 Å². The average Bonchev–Trinajstić information content (AvgIpc) is 3.03. The van der Waals surface area contributed by atoms with Crippen molar-refractivity contribution in [2.75, 3.05) is 0 Å². The number of imidazole rings is 1. The van der Waals surface area contributed by atoms with Crippen molar-refractivity contribution in [3.05, 3.63) is 59.4 Å². The molecule has 3 aromatic rings. The highest BCUT2D eigenvalue weighted by Crippen LogP contribution is 2.16. The van der Waals surface area contributed by atoms with E-state index in [-0.39, 0.29) is 6.42 Å². The third kappa shape index (κ3) is 4.52. The molecule has 26 heavy (non-hydrogen) atoms. The van der Waals surface area contributed by atoms with Gasteiger partial charge in [0.15, 0.2) is 6.10 Å². The third-order valence-electron chi connectivity index (χ3n) is 3.59. The molecule has 3 rings (SSSR count). The largest absolute Gasteiger partial charge is 0.481 e. The zero-order chi connectivity index (χ0) is 18.5. The van der Waals surface area contributed by atoms with Crippen LogP contribution in [0.4, 0.5) is 0 Å². The monoisotopic (exact) mass is 372 g/mol. The Kier molecular flexibility index (Phi) is 5.38. The van der Waals surface area contributed by atoms with E-state index >= 15 is 0 Å². The summed E-state index contributed by atoms with van der Waals surface area (Å²) in [5.41, 5.74) is 6.32. The first-order valence-corrected chi connectivity index (χ1v) is 8.33. The van der Waals surface area contributed by atoms with Crippen molar-refractivity contribution in [1.82, 2.24) is 20.8 Å². The van der Waals surface area contributed by atoms with E-state index in [1.807, 2.05) is 24.3 Å². The summed E-state index contributed by atoms with van der Waals surface area (Å²) in [5, 5.41) is 0.576. The Bertz CT molecular complexity index is 891. The fourth-order valence-electron chi connectivity index (χ4n) is 2.29. The van der Waals surface area contributed by atoms with E-state index in [1.165, 1.54) is 0 Å². The van der Waals surface area contributed by atoms with Gasteiger partial charge in [-0.2, -0.15) is 0 Å². The zero-order valence-electron chi connectivity index (χ0n) is 14.0. The number of carbonyl (C=O) groups excluding carboxylic acids is 2. The number of nitrogens with one attached hydrogen (secondary N) is 3. The third-order valence-corrected chi connectivity index (χ3v) is 3.84. The van der Waals surface area contributed by atoms with Crippen LogP contribution in [-0.2, 0) is 16.0 Å². The Morgan fingerprint density at radius 2 is 1.88 bits per heavy atom. The number of aromatic amines is 1. The van der Waals surface area contributed by atoms with Gasteiger partial charge in [-0.25, -0.2) is 4.98 Å². The molecule has 0 saturated heterocycles. The summed E-state index contributed by atoms with van der Waals surface area (Å²) in [6.07, 6.45) is -0.774. The Labute approximate surface area is 154 Å². The molecule has 0 aliphatic heterocycles. The first-order chi connectivity index (χ1) is 12.5. The minimum Gasteiger partial charge on any atom is -0.481 e. The van der Waals surface area contributed by atoms with Crippen LogP contribution in [0.15, 0.2) is 48.5 Å². The molecule has 2 aromatic carbocycles. The van der Waals surface area contributed by atoms with Crippen molar-refractivity contribution in [2.24, 2.45) is 0 Å². The Hall–Kier alpha value is -3.06. The second-order valence-electron chi connectivity index (χ2n) is 5.63. The lowest BCUT2D eigenvalue weighted by atomic mass is 10.3. The molecule has 8 heteroatoms. The maximum atomic E-state index is 12.0. The number of fused-ring (bicyclic) bond motifs is 1. The molecular formula is C18H17ClN4O3. The van der Waals surface area contributed by atoms with Crippen LogP contribution in [0.1, 0.15) is 12.7 Å². The van der Waals surface area contributed by atoms with Crippen LogP contribution in [0.2, 0.25) is 5.02 Å². The second kappa shape index (κ2) is 7.88. The van der Waals surface area contributed by atoms with Crippen LogP contribution >= 0.6 is 11.6 Å². The first kappa shape index (κ1) is 17.8. The number of rotatable bonds is 5. The van der Waals surface area contributed by atoms with Crippen LogP contribution in [-0.4, -0.2) is 27.9 Å². The van der Waals surface area contributed by atoms with Gasteiger partial charge >= 0.3 is 0 Å². The molecule has 0 aliphatic carbocycles. The predicted molar refractivity (Wildman–Crippen MR) is 97.6 cm³/mol. The smallest absolute Gasteiger partial charge is 0.279 e. The highest BCUT2D eigenvalue weighted by Gasteiger charge is 2.16. The zero-order valence-corrected chi connectivity index (χ0v) is 14.7. The minimum absolute atomic E-state index is 0.0153. The quantitative estimate of drug-likeness (QED) is 0.599. The maximum Gasteiger partial charge on any atom is 0.279 e. The number of amides is 2. The fourth-order valence-corrected chi connectivity index (χ4v) is 2.42. The molecular weight excluding hydrogens is 356 g/mol. The molecule has 1 aromatic heterocycles. The summed E-state index contributed by atoms with van der Waals surface area (Å²) in [7, 11) is 0. The lowest BCUT2D eigenvalue weighted by Crippen LogP contribution is -2.47. The average molecular weight is 373 g/mol. The van der Waals surface area contributed by atoms with Gasteiger partial charge in [0.05, 0.1) is 17.5 Å². The van der Waals surface area contributed by atoms with Crippen molar-refractivity contribution in [1.29, 1.82) is 0 Å². The fraction of sp³-hybridized carbons (Fsp3) is 0.167. The predicted octanol–water partition coefficient (Wildman–Crippen LogP) is 2.37. The van der Waals surface area contributed by atoms with E-state index in [9.17, 15) is 9.59 Å². The number of H-pyrrole nitrogens is 1. The molecule has 0 aliphatic rings. The topological polar surface area (TPSA) is 96.1 Å². The number of nitrogens with zero attached hydrogens (tertiary/aromatic N) is 1. The first-order valence-electron chi connectivity index (χ1n) is 7.96. The summed E-state index contributed by atoms with van der Waals surface area (Å²) >= 11 is 5.80. The standard InChI is InChI=1S/C18H17ClN4O3/c1-11(26-13-8-6-12(19)7-9-13)18(25)23-22-17(24)10-16-20-14-4-2-3-5-15(14)21-16/h2-9,11H,10H2,1H3,(H,20,21)(H,22,24)(H,23,25)/t11-/m0/s1. The van der Waals surface area contributed by atoms with E-state index < -0.39 is 17.9 Å². The minimum atomic E-state index is -0.789. The molecule has 1 heterocycles. The van der Waals surface area contributed by atoms with Crippen molar-refractivity contribution >= 4 is 34.4 Å². The molecule has 0 saturated carbocycles. The van der Waals surface area contributed by atoms with Crippen molar-refractivity contribution in [3.63, 3.8) is 0 Å². The number of hydrazine groups is 1. The molecule has 0 radical (unpaired) electrons. The van der Waals surface area contributed by atoms with Gasteiger partial charge in [-0.15, -0.1) is 0 Å². The normalized spacial score (nSPS) is 11.8. The highest BCUT2D eigenvalue weighted by atomic mass is 35.5. The van der Waals surface area contributed by atoms with Crippen molar-refractivity contribution < 1.29 is 14.3 Å². The lowest BCUT2D eigenvalue weighted by Gasteiger charge is -2.15. The number of carbonyl (C=O) groups is 2. The van der Waals surface area contributed by atoms with Gasteiger partial charge in [0.1, 0.15) is 11.6 Å². The van der Waals surface area contributed by atoms with E-state index in [1.54, 1.807) is 31.2 Å². The summed E-state index contributed by atoms with van der Waals surface area (Å²) in [4.78, 5) is 31.3. The van der Waals surface area contributed by atoms with Gasteiger partial charge in [-0.05, 0) is 43.3 Å². The number of hydrogen-bond donors (Lipinski definition) is 3. The lowest BCUT2D eigenvalue weighted by molar-refractivity contribution is -0.132. The van der Waals surface area contributed by atoms with E-state index in [0.717, 1.165) is 11.0 Å². The Morgan fingerprint density at radius 1 is 1.15 bits per heavy atom. The molecule has 0 fully saturated rings. The van der Waals surface area contributed by atoms with Gasteiger partial charge in [0, 0.05) is 5.02 Å². The molecule has 0 unspecified atom stereocenters. The van der Waals surface area contributed by atoms with Gasteiger partial charge in [-0.3, -0.25) is 20.4 Å². The molecule has 134 valence electrons. The Morgan fingerprint density at radius 3 is 2.62 bits per heavy atom. The van der Waals surface area contributed by atoms with Crippen LogP contribution in [0.25, 0.3) is 11.0 Å². The van der Waals surface area contributed by atoms with Gasteiger partial charge in [-0.1, -0.05) is 23.7 Å². The van der Waals surface area contributed by atoms with Gasteiger partial charge in [0.2, 0.25) is 5.91 Å². The number of benzene rings is 2.